The lowest BCUT2D eigenvalue weighted by atomic mass is 9.97. The molecule has 0 fully saturated rings. The zero-order chi connectivity index (χ0) is 15.0. The van der Waals surface area contributed by atoms with Crippen LogP contribution < -0.4 is 15.0 Å². The van der Waals surface area contributed by atoms with E-state index in [2.05, 4.69) is 29.4 Å². The molecule has 1 aromatic rings. The van der Waals surface area contributed by atoms with E-state index in [1.54, 1.807) is 7.11 Å². The van der Waals surface area contributed by atoms with Crippen LogP contribution in [-0.4, -0.2) is 33.3 Å². The molecule has 1 N–H and O–H groups in total. The van der Waals surface area contributed by atoms with Crippen molar-refractivity contribution < 1.29 is 4.74 Å². The van der Waals surface area contributed by atoms with Crippen molar-refractivity contribution in [2.45, 2.75) is 31.7 Å². The van der Waals surface area contributed by atoms with Gasteiger partial charge in [0.1, 0.15) is 11.3 Å². The van der Waals surface area contributed by atoms with Crippen LogP contribution in [0, 0.1) is 11.3 Å². The topological polar surface area (TPSA) is 48.3 Å². The Morgan fingerprint density at radius 2 is 2.15 bits per heavy atom. The molecular formula is C16H25N3O. The molecule has 0 aliphatic rings. The Hall–Kier alpha value is -1.73. The fourth-order valence-corrected chi connectivity index (χ4v) is 2.04. The number of nitrogens with one attached hydrogen (secondary N) is 1. The highest BCUT2D eigenvalue weighted by molar-refractivity contribution is 5.49. The summed E-state index contributed by atoms with van der Waals surface area (Å²) in [6.45, 7) is 2.91. The van der Waals surface area contributed by atoms with Gasteiger partial charge in [0.25, 0.3) is 0 Å². The third-order valence-corrected chi connectivity index (χ3v) is 3.71. The molecule has 1 atom stereocenters. The first-order valence-corrected chi connectivity index (χ1v) is 7.00. The first-order chi connectivity index (χ1) is 9.54. The van der Waals surface area contributed by atoms with Gasteiger partial charge in [-0.05, 0) is 45.4 Å². The Morgan fingerprint density at radius 1 is 1.40 bits per heavy atom. The molecule has 20 heavy (non-hydrogen) atoms. The number of unbranched alkanes of at least 4 members (excludes halogenated alkanes) is 1. The second-order valence-corrected chi connectivity index (χ2v) is 5.27. The molecule has 110 valence electrons. The highest BCUT2D eigenvalue weighted by atomic mass is 16.5. The van der Waals surface area contributed by atoms with Gasteiger partial charge in [0.15, 0.2) is 0 Å². The Morgan fingerprint density at radius 3 is 2.75 bits per heavy atom. The van der Waals surface area contributed by atoms with Crippen molar-refractivity contribution in [3.05, 3.63) is 24.3 Å². The summed E-state index contributed by atoms with van der Waals surface area (Å²) in [4.78, 5) is 2.21. The maximum atomic E-state index is 9.09. The molecule has 1 rings (SSSR count). The number of benzene rings is 1. The first-order valence-electron chi connectivity index (χ1n) is 7.00. The van der Waals surface area contributed by atoms with Gasteiger partial charge < -0.3 is 15.0 Å². The van der Waals surface area contributed by atoms with E-state index in [0.717, 1.165) is 37.2 Å². The monoisotopic (exact) mass is 275 g/mol. The molecule has 0 radical (unpaired) electrons. The van der Waals surface area contributed by atoms with Crippen molar-refractivity contribution in [2.24, 2.45) is 0 Å². The Bertz CT molecular complexity index is 455. The van der Waals surface area contributed by atoms with Crippen LogP contribution in [0.5, 0.6) is 5.75 Å². The number of methoxy groups -OCH3 is 1. The lowest BCUT2D eigenvalue weighted by molar-refractivity contribution is 0.414. The van der Waals surface area contributed by atoms with Gasteiger partial charge in [-0.2, -0.15) is 5.26 Å². The minimum Gasteiger partial charge on any atom is -0.497 e. The van der Waals surface area contributed by atoms with E-state index in [0.29, 0.717) is 0 Å². The summed E-state index contributed by atoms with van der Waals surface area (Å²) in [7, 11) is 5.60. The van der Waals surface area contributed by atoms with Crippen LogP contribution >= 0.6 is 0 Å². The Balaban J connectivity index is 2.40. The quantitative estimate of drug-likeness (QED) is 0.741. The zero-order valence-corrected chi connectivity index (χ0v) is 12.9. The molecule has 0 saturated carbocycles. The van der Waals surface area contributed by atoms with Crippen molar-refractivity contribution in [3.8, 4) is 11.8 Å². The van der Waals surface area contributed by atoms with Crippen molar-refractivity contribution in [1.82, 2.24) is 5.32 Å². The van der Waals surface area contributed by atoms with Gasteiger partial charge in [-0.25, -0.2) is 0 Å². The molecule has 0 spiro atoms. The van der Waals surface area contributed by atoms with Crippen molar-refractivity contribution in [2.75, 3.05) is 32.6 Å². The predicted octanol–water partition coefficient (Wildman–Crippen LogP) is 2.80. The summed E-state index contributed by atoms with van der Waals surface area (Å²) in [5, 5.41) is 12.2. The number of nitrogens with zero attached hydrogens (tertiary/aromatic N) is 2. The summed E-state index contributed by atoms with van der Waals surface area (Å²) in [6.07, 6.45) is 2.96. The van der Waals surface area contributed by atoms with Gasteiger partial charge in [0, 0.05) is 25.3 Å². The fourth-order valence-electron chi connectivity index (χ4n) is 2.04. The van der Waals surface area contributed by atoms with Crippen LogP contribution in [0.2, 0.25) is 0 Å². The number of hydrogen-bond acceptors (Lipinski definition) is 4. The molecule has 0 amide bonds. The van der Waals surface area contributed by atoms with E-state index < -0.39 is 5.54 Å². The van der Waals surface area contributed by atoms with Gasteiger partial charge in [-0.15, -0.1) is 0 Å². The number of anilines is 1. The molecular weight excluding hydrogens is 250 g/mol. The third kappa shape index (κ3) is 4.75. The highest BCUT2D eigenvalue weighted by Crippen LogP contribution is 2.20. The molecule has 1 unspecified atom stereocenters. The van der Waals surface area contributed by atoms with Crippen LogP contribution in [0.15, 0.2) is 24.3 Å². The average Bonchev–Trinajstić information content (AvgIpc) is 2.51. The average molecular weight is 275 g/mol. The molecule has 4 heteroatoms. The highest BCUT2D eigenvalue weighted by Gasteiger charge is 2.19. The lowest BCUT2D eigenvalue weighted by Crippen LogP contribution is -2.38. The second kappa shape index (κ2) is 7.76. The molecule has 0 aromatic heterocycles. The standard InChI is InChI=1S/C16H25N3O/c1-16(13-17,18-2)10-5-6-11-19(3)14-8-7-9-15(12-14)20-4/h7-9,12,18H,5-6,10-11H2,1-4H3. The van der Waals surface area contributed by atoms with E-state index in [1.165, 1.54) is 0 Å². The number of nitriles is 1. The third-order valence-electron chi connectivity index (χ3n) is 3.71. The molecule has 0 heterocycles. The van der Waals surface area contributed by atoms with Crippen LogP contribution in [0.4, 0.5) is 5.69 Å². The molecule has 0 aliphatic heterocycles. The van der Waals surface area contributed by atoms with Gasteiger partial charge >= 0.3 is 0 Å². The predicted molar refractivity (Wildman–Crippen MR) is 83.2 cm³/mol. The number of ether oxygens (including phenoxy) is 1. The summed E-state index contributed by atoms with van der Waals surface area (Å²) in [5.41, 5.74) is 0.746. The van der Waals surface area contributed by atoms with E-state index in [4.69, 9.17) is 10.00 Å². The molecule has 4 nitrogen and oxygen atoms in total. The smallest absolute Gasteiger partial charge is 0.120 e. The summed E-state index contributed by atoms with van der Waals surface area (Å²) in [6, 6.07) is 10.4. The van der Waals surface area contributed by atoms with Crippen LogP contribution in [-0.2, 0) is 0 Å². The van der Waals surface area contributed by atoms with Gasteiger partial charge in [0.2, 0.25) is 0 Å². The van der Waals surface area contributed by atoms with Crippen molar-refractivity contribution in [3.63, 3.8) is 0 Å². The van der Waals surface area contributed by atoms with Crippen LogP contribution in [0.1, 0.15) is 26.2 Å². The normalized spacial score (nSPS) is 13.3. The first kappa shape index (κ1) is 16.3. The fraction of sp³-hybridized carbons (Fsp3) is 0.562. The zero-order valence-electron chi connectivity index (χ0n) is 12.9. The maximum absolute atomic E-state index is 9.09. The van der Waals surface area contributed by atoms with E-state index in [9.17, 15) is 0 Å². The van der Waals surface area contributed by atoms with Crippen LogP contribution in [0.25, 0.3) is 0 Å². The van der Waals surface area contributed by atoms with Crippen molar-refractivity contribution in [1.29, 1.82) is 5.26 Å². The minimum atomic E-state index is -0.408. The molecule has 0 saturated heterocycles. The minimum absolute atomic E-state index is 0.408. The van der Waals surface area contributed by atoms with Gasteiger partial charge in [-0.1, -0.05) is 6.07 Å². The van der Waals surface area contributed by atoms with Gasteiger partial charge in [0.05, 0.1) is 13.2 Å². The molecule has 0 aliphatic carbocycles. The lowest BCUT2D eigenvalue weighted by Gasteiger charge is -2.23. The van der Waals surface area contributed by atoms with Crippen LogP contribution in [0.3, 0.4) is 0 Å². The maximum Gasteiger partial charge on any atom is 0.120 e. The summed E-state index contributed by atoms with van der Waals surface area (Å²) < 4.78 is 5.23. The Kier molecular flexibility index (Phi) is 6.33. The van der Waals surface area contributed by atoms with E-state index >= 15 is 0 Å². The molecule has 1 aromatic carbocycles. The van der Waals surface area contributed by atoms with Crippen molar-refractivity contribution >= 4 is 5.69 Å². The number of hydrogen-bond donors (Lipinski definition) is 1. The van der Waals surface area contributed by atoms with E-state index in [1.807, 2.05) is 32.2 Å². The summed E-state index contributed by atoms with van der Waals surface area (Å²) >= 11 is 0. The van der Waals surface area contributed by atoms with Gasteiger partial charge in [-0.3, -0.25) is 0 Å². The second-order valence-electron chi connectivity index (χ2n) is 5.27. The Labute approximate surface area is 122 Å². The molecule has 0 bridgehead atoms. The van der Waals surface area contributed by atoms with E-state index in [-0.39, 0.29) is 0 Å². The summed E-state index contributed by atoms with van der Waals surface area (Å²) in [5.74, 6) is 0.876. The largest absolute Gasteiger partial charge is 0.497 e. The number of rotatable bonds is 8. The SMILES string of the molecule is CNC(C)(C#N)CCCCN(C)c1cccc(OC)c1.